The molecule has 1 heterocycles. The molecule has 2 rings (SSSR count). The van der Waals surface area contributed by atoms with E-state index in [4.69, 9.17) is 14.7 Å². The first-order valence-corrected chi connectivity index (χ1v) is 6.90. The average molecular weight is 275 g/mol. The predicted octanol–water partition coefficient (Wildman–Crippen LogP) is 2.79. The molecular weight excluding hydrogens is 254 g/mol. The quantitative estimate of drug-likeness (QED) is 0.917. The minimum atomic E-state index is -0.714. The van der Waals surface area contributed by atoms with E-state index in [1.165, 1.54) is 0 Å². The second-order valence-corrected chi connectivity index (χ2v) is 5.72. The van der Waals surface area contributed by atoms with E-state index in [1.54, 1.807) is 0 Å². The van der Waals surface area contributed by atoms with Crippen LogP contribution in [0.2, 0.25) is 0 Å². The third kappa shape index (κ3) is 3.18. The minimum absolute atomic E-state index is 0.100. The monoisotopic (exact) mass is 275 g/mol. The van der Waals surface area contributed by atoms with Crippen LogP contribution in [0.5, 0.6) is 0 Å². The van der Waals surface area contributed by atoms with Crippen molar-refractivity contribution in [3.63, 3.8) is 0 Å². The summed E-state index contributed by atoms with van der Waals surface area (Å²) in [5, 5.41) is 18.8. The Morgan fingerprint density at radius 1 is 1.30 bits per heavy atom. The van der Waals surface area contributed by atoms with Crippen molar-refractivity contribution in [3.8, 4) is 6.07 Å². The van der Waals surface area contributed by atoms with Crippen molar-refractivity contribution < 1.29 is 14.6 Å². The highest BCUT2D eigenvalue weighted by atomic mass is 16.8. The topological polar surface area (TPSA) is 62.5 Å². The molecule has 1 N–H and O–H groups in total. The summed E-state index contributed by atoms with van der Waals surface area (Å²) in [7, 11) is 0. The Morgan fingerprint density at radius 3 is 2.55 bits per heavy atom. The molecule has 4 heteroatoms. The summed E-state index contributed by atoms with van der Waals surface area (Å²) in [5.74, 6) is -0.868. The van der Waals surface area contributed by atoms with Crippen molar-refractivity contribution in [2.75, 3.05) is 0 Å². The summed E-state index contributed by atoms with van der Waals surface area (Å²) in [5.41, 5.74) is 1.03. The molecule has 0 unspecified atom stereocenters. The van der Waals surface area contributed by atoms with E-state index in [2.05, 4.69) is 0 Å². The van der Waals surface area contributed by atoms with Crippen LogP contribution in [0.15, 0.2) is 30.3 Å². The van der Waals surface area contributed by atoms with Gasteiger partial charge < -0.3 is 14.6 Å². The highest BCUT2D eigenvalue weighted by Gasteiger charge is 2.45. The van der Waals surface area contributed by atoms with Crippen LogP contribution in [0.1, 0.15) is 38.9 Å². The van der Waals surface area contributed by atoms with Gasteiger partial charge >= 0.3 is 0 Å². The van der Waals surface area contributed by atoms with Gasteiger partial charge in [0.2, 0.25) is 0 Å². The second-order valence-electron chi connectivity index (χ2n) is 5.72. The largest absolute Gasteiger partial charge is 0.392 e. The van der Waals surface area contributed by atoms with Crippen LogP contribution in [0, 0.1) is 17.2 Å². The number of aliphatic hydroxyl groups excluding tert-OH is 1. The van der Waals surface area contributed by atoms with Gasteiger partial charge in [0.15, 0.2) is 5.79 Å². The second kappa shape index (κ2) is 5.92. The summed E-state index contributed by atoms with van der Waals surface area (Å²) in [6.45, 7) is 5.63. The smallest absolute Gasteiger partial charge is 0.164 e. The van der Waals surface area contributed by atoms with Gasteiger partial charge in [-0.15, -0.1) is 0 Å². The number of rotatable bonds is 4. The maximum absolute atomic E-state index is 10.1. The molecule has 0 saturated carbocycles. The van der Waals surface area contributed by atoms with E-state index in [0.717, 1.165) is 5.56 Å². The summed E-state index contributed by atoms with van der Waals surface area (Å²) >= 11 is 0. The molecule has 1 aromatic carbocycles. The van der Waals surface area contributed by atoms with Crippen LogP contribution < -0.4 is 0 Å². The first-order valence-electron chi connectivity index (χ1n) is 6.90. The average Bonchev–Trinajstić information content (AvgIpc) is 2.75. The number of aliphatic hydroxyl groups is 1. The molecule has 1 aliphatic rings. The molecule has 0 bridgehead atoms. The van der Waals surface area contributed by atoms with Crippen LogP contribution in [0.3, 0.4) is 0 Å². The van der Waals surface area contributed by atoms with E-state index >= 15 is 0 Å². The summed E-state index contributed by atoms with van der Waals surface area (Å²) in [6, 6.07) is 11.8. The Morgan fingerprint density at radius 2 is 1.95 bits per heavy atom. The molecule has 0 aliphatic carbocycles. The van der Waals surface area contributed by atoms with Crippen molar-refractivity contribution in [3.05, 3.63) is 35.9 Å². The van der Waals surface area contributed by atoms with Gasteiger partial charge in [-0.1, -0.05) is 37.3 Å². The first-order chi connectivity index (χ1) is 9.44. The Labute approximate surface area is 119 Å². The Hall–Kier alpha value is -1.41. The molecule has 0 spiro atoms. The van der Waals surface area contributed by atoms with Crippen LogP contribution in [0.4, 0.5) is 0 Å². The fraction of sp³-hybridized carbons (Fsp3) is 0.562. The number of hydrogen-bond acceptors (Lipinski definition) is 4. The van der Waals surface area contributed by atoms with E-state index in [1.807, 2.05) is 57.2 Å². The molecule has 1 fully saturated rings. The van der Waals surface area contributed by atoms with Crippen molar-refractivity contribution in [2.45, 2.75) is 51.3 Å². The Bertz CT molecular complexity index is 480. The maximum Gasteiger partial charge on any atom is 0.164 e. The van der Waals surface area contributed by atoms with Gasteiger partial charge in [0.05, 0.1) is 24.7 Å². The van der Waals surface area contributed by atoms with Crippen LogP contribution in [-0.2, 0) is 9.47 Å². The van der Waals surface area contributed by atoms with Crippen molar-refractivity contribution in [1.82, 2.24) is 0 Å². The Kier molecular flexibility index (Phi) is 4.44. The van der Waals surface area contributed by atoms with Gasteiger partial charge in [0.25, 0.3) is 0 Å². The van der Waals surface area contributed by atoms with Crippen LogP contribution in [0.25, 0.3) is 0 Å². The fourth-order valence-corrected chi connectivity index (χ4v) is 2.57. The van der Waals surface area contributed by atoms with Crippen LogP contribution in [-0.4, -0.2) is 23.1 Å². The zero-order valence-electron chi connectivity index (χ0n) is 12.1. The SMILES string of the molecule is C[C@H]([C@H]1OC(C)(C)O[C@@H]1c1ccccc1)[C@@H](O)CC#N. The zero-order chi connectivity index (χ0) is 14.8. The molecule has 20 heavy (non-hydrogen) atoms. The molecule has 1 saturated heterocycles. The number of benzene rings is 1. The van der Waals surface area contributed by atoms with Gasteiger partial charge in [-0.25, -0.2) is 0 Å². The molecule has 4 atom stereocenters. The van der Waals surface area contributed by atoms with Crippen LogP contribution >= 0.6 is 0 Å². The van der Waals surface area contributed by atoms with E-state index in [0.29, 0.717) is 0 Å². The lowest BCUT2D eigenvalue weighted by Gasteiger charge is -2.26. The van der Waals surface area contributed by atoms with Crippen molar-refractivity contribution in [1.29, 1.82) is 5.26 Å². The molecule has 1 aromatic rings. The number of nitrogens with zero attached hydrogens (tertiary/aromatic N) is 1. The summed E-state index contributed by atoms with van der Waals surface area (Å²) in [6.07, 6.45) is -1.11. The molecule has 108 valence electrons. The third-order valence-corrected chi connectivity index (χ3v) is 3.68. The standard InChI is InChI=1S/C16H21NO3/c1-11(13(18)9-10-17)14-15(20-16(2,3)19-14)12-7-5-4-6-8-12/h4-8,11,13-15,18H,9H2,1-3H3/t11-,13-,14+,15+/m0/s1. The molecule has 0 radical (unpaired) electrons. The van der Waals surface area contributed by atoms with E-state index in [-0.39, 0.29) is 24.5 Å². The molecule has 4 nitrogen and oxygen atoms in total. The Balaban J connectivity index is 2.23. The predicted molar refractivity (Wildman–Crippen MR) is 74.6 cm³/mol. The van der Waals surface area contributed by atoms with E-state index in [9.17, 15) is 5.11 Å². The number of hydrogen-bond donors (Lipinski definition) is 1. The fourth-order valence-electron chi connectivity index (χ4n) is 2.57. The first kappa shape index (κ1) is 15.0. The summed E-state index contributed by atoms with van der Waals surface area (Å²) < 4.78 is 11.9. The lowest BCUT2D eigenvalue weighted by atomic mass is 9.90. The van der Waals surface area contributed by atoms with Gasteiger partial charge in [-0.2, -0.15) is 5.26 Å². The van der Waals surface area contributed by atoms with Crippen molar-refractivity contribution >= 4 is 0 Å². The lowest BCUT2D eigenvalue weighted by Crippen LogP contribution is -2.33. The molecule has 1 aliphatic heterocycles. The minimum Gasteiger partial charge on any atom is -0.392 e. The lowest BCUT2D eigenvalue weighted by molar-refractivity contribution is -0.153. The van der Waals surface area contributed by atoms with Gasteiger partial charge in [-0.3, -0.25) is 0 Å². The highest BCUT2D eigenvalue weighted by Crippen LogP contribution is 2.42. The zero-order valence-corrected chi connectivity index (χ0v) is 12.1. The van der Waals surface area contributed by atoms with E-state index < -0.39 is 11.9 Å². The normalized spacial score (nSPS) is 27.8. The number of ether oxygens (including phenoxy) is 2. The maximum atomic E-state index is 10.1. The molecule has 0 aromatic heterocycles. The van der Waals surface area contributed by atoms with Gasteiger partial charge in [-0.05, 0) is 19.4 Å². The molecule has 0 amide bonds. The molecular formula is C16H21NO3. The third-order valence-electron chi connectivity index (χ3n) is 3.68. The van der Waals surface area contributed by atoms with Gasteiger partial charge in [0, 0.05) is 5.92 Å². The number of nitriles is 1. The highest BCUT2D eigenvalue weighted by molar-refractivity contribution is 5.20. The van der Waals surface area contributed by atoms with Crippen molar-refractivity contribution in [2.24, 2.45) is 5.92 Å². The summed E-state index contributed by atoms with van der Waals surface area (Å²) in [4.78, 5) is 0. The van der Waals surface area contributed by atoms with Gasteiger partial charge in [0.1, 0.15) is 6.10 Å².